The topological polar surface area (TPSA) is 26.3 Å². The van der Waals surface area contributed by atoms with Gasteiger partial charge in [-0.1, -0.05) is 0 Å². The first-order chi connectivity index (χ1) is 4.11. The Balaban J connectivity index is 2.73. The Morgan fingerprint density at radius 2 is 2.33 bits per heavy atom. The zero-order valence-electron chi connectivity index (χ0n) is 4.51. The monoisotopic (exact) mass is 186 g/mol. The van der Waals surface area contributed by atoms with Gasteiger partial charge in [0, 0.05) is 6.42 Å². The van der Waals surface area contributed by atoms with Gasteiger partial charge in [-0.25, -0.2) is 0 Å². The Labute approximate surface area is 62.7 Å². The molecule has 1 rings (SSSR count). The molecule has 1 heterocycles. The van der Waals surface area contributed by atoms with E-state index in [-0.39, 0.29) is 0 Å². The van der Waals surface area contributed by atoms with Crippen LogP contribution in [0.1, 0.15) is 6.42 Å². The molecule has 1 aliphatic heterocycles. The molecule has 0 aromatic heterocycles. The highest BCUT2D eigenvalue weighted by molar-refractivity contribution is 8.11. The highest BCUT2D eigenvalue weighted by Gasteiger charge is 2.23. The van der Waals surface area contributed by atoms with E-state index in [9.17, 15) is 4.57 Å². The first kappa shape index (κ1) is 7.46. The Bertz CT molecular complexity index is 183. The first-order valence-corrected chi connectivity index (χ1v) is 5.93. The molecule has 5 heteroatoms. The van der Waals surface area contributed by atoms with E-state index < -0.39 is 5.85 Å². The minimum atomic E-state index is -3.03. The molecule has 0 bridgehead atoms. The number of halogens is 2. The van der Waals surface area contributed by atoms with E-state index in [1.807, 2.05) is 0 Å². The van der Waals surface area contributed by atoms with Crippen LogP contribution in [0.3, 0.4) is 0 Å². The fraction of sp³-hybridized carbons (Fsp3) is 0.500. The number of hydrogen-bond donors (Lipinski definition) is 0. The van der Waals surface area contributed by atoms with Gasteiger partial charge in [-0.2, -0.15) is 0 Å². The summed E-state index contributed by atoms with van der Waals surface area (Å²) in [7, 11) is 0. The van der Waals surface area contributed by atoms with Crippen LogP contribution in [0, 0.1) is 0 Å². The van der Waals surface area contributed by atoms with Crippen molar-refractivity contribution in [2.24, 2.45) is 0 Å². The highest BCUT2D eigenvalue weighted by Crippen LogP contribution is 2.65. The summed E-state index contributed by atoms with van der Waals surface area (Å²) >= 11 is 10.6. The van der Waals surface area contributed by atoms with Crippen LogP contribution >= 0.6 is 28.3 Å². The quantitative estimate of drug-likeness (QED) is 0.589. The van der Waals surface area contributed by atoms with Crippen molar-refractivity contribution in [3.63, 3.8) is 0 Å². The predicted octanol–water partition coefficient (Wildman–Crippen LogP) is 2.92. The number of rotatable bonds is 1. The van der Waals surface area contributed by atoms with Gasteiger partial charge in [-0.05, 0) is 22.5 Å². The zero-order valence-corrected chi connectivity index (χ0v) is 6.92. The molecule has 0 spiro atoms. The molecule has 0 unspecified atom stereocenters. The van der Waals surface area contributed by atoms with Gasteiger partial charge in [0.2, 0.25) is 0 Å². The minimum Gasteiger partial charge on any atom is -0.500 e. The van der Waals surface area contributed by atoms with Crippen LogP contribution in [0.25, 0.3) is 0 Å². The van der Waals surface area contributed by atoms with Crippen LogP contribution < -0.4 is 0 Å². The largest absolute Gasteiger partial charge is 0.500 e. The molecule has 0 fully saturated rings. The maximum atomic E-state index is 10.8. The standard InChI is InChI=1S/C4H5Cl2O2P/c5-9(6,7)4-1-2-8-3-4/h3H,1-2H2. The van der Waals surface area contributed by atoms with Crippen molar-refractivity contribution >= 4 is 28.3 Å². The Kier molecular flexibility index (Phi) is 2.10. The van der Waals surface area contributed by atoms with Crippen molar-refractivity contribution in [1.82, 2.24) is 0 Å². The van der Waals surface area contributed by atoms with E-state index >= 15 is 0 Å². The second-order valence-corrected chi connectivity index (χ2v) is 6.57. The van der Waals surface area contributed by atoms with Crippen LogP contribution in [0.2, 0.25) is 0 Å². The Morgan fingerprint density at radius 1 is 1.67 bits per heavy atom. The lowest BCUT2D eigenvalue weighted by atomic mass is 10.5. The summed E-state index contributed by atoms with van der Waals surface area (Å²) in [5.41, 5.74) is 0. The van der Waals surface area contributed by atoms with Crippen molar-refractivity contribution in [2.45, 2.75) is 6.42 Å². The van der Waals surface area contributed by atoms with Gasteiger partial charge >= 0.3 is 0 Å². The van der Waals surface area contributed by atoms with E-state index in [0.29, 0.717) is 18.3 Å². The summed E-state index contributed by atoms with van der Waals surface area (Å²) in [6.07, 6.45) is 1.96. The third kappa shape index (κ3) is 1.89. The van der Waals surface area contributed by atoms with Gasteiger partial charge in [-0.15, -0.1) is 0 Å². The lowest BCUT2D eigenvalue weighted by Gasteiger charge is -1.96. The summed E-state index contributed by atoms with van der Waals surface area (Å²) in [6.45, 7) is 0.540. The average Bonchev–Trinajstić information content (AvgIpc) is 2.08. The van der Waals surface area contributed by atoms with Gasteiger partial charge in [0.05, 0.1) is 18.2 Å². The molecule has 0 saturated heterocycles. The summed E-state index contributed by atoms with van der Waals surface area (Å²) in [4.78, 5) is 0. The molecular weight excluding hydrogens is 182 g/mol. The van der Waals surface area contributed by atoms with Gasteiger partial charge in [-0.3, -0.25) is 4.57 Å². The number of hydrogen-bond acceptors (Lipinski definition) is 2. The summed E-state index contributed by atoms with van der Waals surface area (Å²) < 4.78 is 15.6. The van der Waals surface area contributed by atoms with Gasteiger partial charge in [0.25, 0.3) is 5.85 Å². The van der Waals surface area contributed by atoms with Gasteiger partial charge in [0.1, 0.15) is 0 Å². The normalized spacial score (nSPS) is 19.1. The highest BCUT2D eigenvalue weighted by atomic mass is 35.9. The SMILES string of the molecule is O=P(Cl)(Cl)C1=COCC1. The second kappa shape index (κ2) is 2.53. The molecule has 2 nitrogen and oxygen atoms in total. The van der Waals surface area contributed by atoms with Crippen LogP contribution in [0.15, 0.2) is 11.6 Å². The van der Waals surface area contributed by atoms with Crippen molar-refractivity contribution in [2.75, 3.05) is 6.61 Å². The lowest BCUT2D eigenvalue weighted by molar-refractivity contribution is 0.281. The van der Waals surface area contributed by atoms with Crippen LogP contribution in [0.5, 0.6) is 0 Å². The maximum Gasteiger partial charge on any atom is 0.281 e. The van der Waals surface area contributed by atoms with E-state index in [1.165, 1.54) is 6.26 Å². The molecule has 9 heavy (non-hydrogen) atoms. The van der Waals surface area contributed by atoms with Gasteiger partial charge in [0.15, 0.2) is 0 Å². The van der Waals surface area contributed by atoms with E-state index in [4.69, 9.17) is 27.2 Å². The zero-order chi connectivity index (χ0) is 6.91. The average molecular weight is 187 g/mol. The minimum absolute atomic E-state index is 0.519. The molecular formula is C4H5Cl2O2P. The first-order valence-electron chi connectivity index (χ1n) is 2.41. The molecule has 0 aromatic rings. The molecule has 0 atom stereocenters. The fourth-order valence-corrected chi connectivity index (χ4v) is 1.86. The van der Waals surface area contributed by atoms with Crippen LogP contribution in [0.4, 0.5) is 0 Å². The van der Waals surface area contributed by atoms with Crippen molar-refractivity contribution < 1.29 is 9.30 Å². The summed E-state index contributed by atoms with van der Waals surface area (Å²) in [5, 5.41) is 0.519. The van der Waals surface area contributed by atoms with Crippen molar-refractivity contribution in [1.29, 1.82) is 0 Å². The third-order valence-electron chi connectivity index (χ3n) is 1.03. The third-order valence-corrected chi connectivity index (χ3v) is 3.33. The molecule has 0 N–H and O–H groups in total. The van der Waals surface area contributed by atoms with E-state index in [1.54, 1.807) is 0 Å². The molecule has 0 aromatic carbocycles. The molecule has 52 valence electrons. The Hall–Kier alpha value is 0.350. The smallest absolute Gasteiger partial charge is 0.281 e. The summed E-state index contributed by atoms with van der Waals surface area (Å²) in [6, 6.07) is 0. The van der Waals surface area contributed by atoms with Gasteiger partial charge < -0.3 is 4.74 Å². The molecule has 0 radical (unpaired) electrons. The molecule has 1 aliphatic rings. The summed E-state index contributed by atoms with van der Waals surface area (Å²) in [5.74, 6) is -3.03. The second-order valence-electron chi connectivity index (χ2n) is 1.69. The molecule has 0 aliphatic carbocycles. The van der Waals surface area contributed by atoms with Crippen LogP contribution in [-0.4, -0.2) is 6.61 Å². The van der Waals surface area contributed by atoms with Crippen molar-refractivity contribution in [3.05, 3.63) is 11.6 Å². The molecule has 0 amide bonds. The van der Waals surface area contributed by atoms with Crippen LogP contribution in [-0.2, 0) is 9.30 Å². The lowest BCUT2D eigenvalue weighted by Crippen LogP contribution is -1.74. The number of ether oxygens (including phenoxy) is 1. The fourth-order valence-electron chi connectivity index (χ4n) is 0.569. The van der Waals surface area contributed by atoms with E-state index in [0.717, 1.165) is 0 Å². The van der Waals surface area contributed by atoms with Crippen molar-refractivity contribution in [3.8, 4) is 0 Å². The maximum absolute atomic E-state index is 10.8. The predicted molar refractivity (Wildman–Crippen MR) is 38.0 cm³/mol. The molecule has 0 saturated carbocycles. The Morgan fingerprint density at radius 3 is 2.56 bits per heavy atom. The van der Waals surface area contributed by atoms with E-state index in [2.05, 4.69) is 0 Å².